The molecular weight excluding hydrogens is 122 g/mol. The van der Waals surface area contributed by atoms with E-state index < -0.39 is 17.0 Å². The van der Waals surface area contributed by atoms with Gasteiger partial charge in [-0.3, -0.25) is 0 Å². The molecule has 7 heavy (non-hydrogen) atoms. The van der Waals surface area contributed by atoms with Gasteiger partial charge in [0, 0.05) is 0 Å². The average Bonchev–Trinajstić information content (AvgIpc) is 1.27. The van der Waals surface area contributed by atoms with E-state index in [4.69, 9.17) is 0 Å². The Morgan fingerprint density at radius 3 is 1.86 bits per heavy atom. The molecule has 0 fully saturated rings. The summed E-state index contributed by atoms with van der Waals surface area (Å²) in [7, 11) is -3.05. The summed E-state index contributed by atoms with van der Waals surface area (Å²) in [5.41, 5.74) is 0. The maximum absolute atomic E-state index is 9.31. The second kappa shape index (κ2) is 2.40. The third-order valence-corrected chi connectivity index (χ3v) is 0.548. The highest BCUT2D eigenvalue weighted by molar-refractivity contribution is 7.70. The number of rotatable bonds is 1. The molecule has 0 heterocycles. The van der Waals surface area contributed by atoms with Gasteiger partial charge in [-0.25, -0.2) is 23.0 Å². The Bertz CT molecular complexity index is 129. The third kappa shape index (κ3) is 5.22. The third-order valence-electron chi connectivity index (χ3n) is 0.183. The summed E-state index contributed by atoms with van der Waals surface area (Å²) < 4.78 is 19.7. The van der Waals surface area contributed by atoms with E-state index in [1.54, 1.807) is 0 Å². The van der Waals surface area contributed by atoms with Crippen molar-refractivity contribution >= 4 is 17.0 Å². The lowest BCUT2D eigenvalue weighted by Crippen LogP contribution is -2.16. The number of hydrogen-bond donors (Lipinski definition) is 2. The normalized spacial score (nSPS) is 8.71. The second-order valence-corrected chi connectivity index (χ2v) is 1.39. The van der Waals surface area contributed by atoms with E-state index in [0.29, 0.717) is 0 Å². The maximum atomic E-state index is 9.31. The quantitative estimate of drug-likeness (QED) is 0.424. The van der Waals surface area contributed by atoms with E-state index in [1.165, 1.54) is 0 Å². The Kier molecular flexibility index (Phi) is 2.14. The molecule has 41 valence electrons. The summed E-state index contributed by atoms with van der Waals surface area (Å²) in [6.45, 7) is 0. The zero-order valence-electron chi connectivity index (χ0n) is 3.08. The summed E-state index contributed by atoms with van der Waals surface area (Å²) in [4.78, 5) is 9.20. The van der Waals surface area contributed by atoms with Crippen LogP contribution in [0.3, 0.4) is 0 Å². The molecule has 1 N–H and O–H groups in total. The van der Waals surface area contributed by atoms with Crippen molar-refractivity contribution in [1.29, 1.82) is 0 Å². The van der Waals surface area contributed by atoms with Crippen LogP contribution >= 0.6 is 0 Å². The van der Waals surface area contributed by atoms with Crippen molar-refractivity contribution in [3.8, 4) is 0 Å². The van der Waals surface area contributed by atoms with Gasteiger partial charge in [-0.15, -0.1) is 0 Å². The lowest BCUT2D eigenvalue weighted by atomic mass is 11.3. The van der Waals surface area contributed by atoms with Crippen LogP contribution < -0.4 is 4.72 Å². The maximum Gasteiger partial charge on any atom is 0.463 e. The fraction of sp³-hybridized carbons (Fsp3) is 0. The molecule has 0 aliphatic rings. The highest BCUT2D eigenvalue weighted by atomic mass is 32.2. The number of amides is 1. The van der Waals surface area contributed by atoms with E-state index in [1.807, 2.05) is 0 Å². The second-order valence-electron chi connectivity index (χ2n) is 0.656. The van der Waals surface area contributed by atoms with Gasteiger partial charge in [0.05, 0.1) is 0 Å². The molecule has 1 amide bonds. The van der Waals surface area contributed by atoms with Crippen molar-refractivity contribution in [2.75, 3.05) is 0 Å². The van der Waals surface area contributed by atoms with Gasteiger partial charge in [-0.1, -0.05) is 0 Å². The Balaban J connectivity index is 3.53. The standard InChI is InChI=1S/CH2NO4S/c3-1(4)2-7(5)6/h7H,(H,2,5,6). The number of thiol groups is 1. The minimum atomic E-state index is -3.05. The lowest BCUT2D eigenvalue weighted by Gasteiger charge is -1.76. The van der Waals surface area contributed by atoms with Crippen LogP contribution in [0.25, 0.3) is 0 Å². The number of hydrogen-bond acceptors (Lipinski definition) is 3. The van der Waals surface area contributed by atoms with Gasteiger partial charge in [-0.05, 0) is 0 Å². The van der Waals surface area contributed by atoms with E-state index >= 15 is 0 Å². The molecule has 0 aliphatic carbocycles. The lowest BCUT2D eigenvalue weighted by molar-refractivity contribution is 0.176. The van der Waals surface area contributed by atoms with Crippen LogP contribution in [0.2, 0.25) is 0 Å². The van der Waals surface area contributed by atoms with Crippen LogP contribution in [-0.2, 0) is 16.0 Å². The minimum absolute atomic E-state index is 1.06. The van der Waals surface area contributed by atoms with Crippen LogP contribution in [0.1, 0.15) is 0 Å². The summed E-state index contributed by atoms with van der Waals surface area (Å²) >= 11 is 0. The minimum Gasteiger partial charge on any atom is -0.219 e. The number of nitrogens with one attached hydrogen (secondary N) is 1. The SMILES string of the molecule is [O]C(=O)N[SH](=O)=O. The van der Waals surface area contributed by atoms with Crippen LogP contribution in [0.5, 0.6) is 0 Å². The van der Waals surface area contributed by atoms with Gasteiger partial charge >= 0.3 is 6.09 Å². The van der Waals surface area contributed by atoms with Crippen LogP contribution in [0.4, 0.5) is 4.79 Å². The Hall–Kier alpha value is -0.780. The smallest absolute Gasteiger partial charge is 0.219 e. The first kappa shape index (κ1) is 6.22. The van der Waals surface area contributed by atoms with Crippen molar-refractivity contribution in [1.82, 2.24) is 4.72 Å². The van der Waals surface area contributed by atoms with Crippen molar-refractivity contribution in [3.05, 3.63) is 0 Å². The highest BCUT2D eigenvalue weighted by Gasteiger charge is 1.92. The van der Waals surface area contributed by atoms with Crippen LogP contribution in [0.15, 0.2) is 0 Å². The fourth-order valence-corrected chi connectivity index (χ4v) is 0.224. The summed E-state index contributed by atoms with van der Waals surface area (Å²) in [5.74, 6) is 0. The molecule has 0 atom stereocenters. The summed E-state index contributed by atoms with van der Waals surface area (Å²) in [6.07, 6.45) is -1.81. The first-order valence-electron chi connectivity index (χ1n) is 1.25. The first-order chi connectivity index (χ1) is 3.13. The van der Waals surface area contributed by atoms with Gasteiger partial charge in [0.1, 0.15) is 0 Å². The monoisotopic (exact) mass is 124 g/mol. The molecule has 0 bridgehead atoms. The molecule has 0 aromatic rings. The summed E-state index contributed by atoms with van der Waals surface area (Å²) in [5, 5.41) is 9.20. The largest absolute Gasteiger partial charge is 0.463 e. The molecule has 0 aromatic carbocycles. The average molecular weight is 124 g/mol. The van der Waals surface area contributed by atoms with Gasteiger partial charge in [0.25, 0.3) is 0 Å². The fourth-order valence-electron chi connectivity index (χ4n) is 0.0745. The van der Waals surface area contributed by atoms with Crippen LogP contribution in [0, 0.1) is 0 Å². The zero-order chi connectivity index (χ0) is 5.86. The summed E-state index contributed by atoms with van der Waals surface area (Å²) in [6, 6.07) is 0. The molecule has 0 rings (SSSR count). The predicted octanol–water partition coefficient (Wildman–Crippen LogP) is -1.35. The molecule has 0 aromatic heterocycles. The predicted molar refractivity (Wildman–Crippen MR) is 19.5 cm³/mol. The van der Waals surface area contributed by atoms with Gasteiger partial charge in [-0.2, -0.15) is 0 Å². The van der Waals surface area contributed by atoms with E-state index in [2.05, 4.69) is 0 Å². The van der Waals surface area contributed by atoms with E-state index in [-0.39, 0.29) is 0 Å². The molecule has 0 saturated carbocycles. The van der Waals surface area contributed by atoms with Crippen LogP contribution in [-0.4, -0.2) is 14.5 Å². The molecular formula is CH2NO4S. The first-order valence-corrected chi connectivity index (χ1v) is 2.42. The molecule has 1 radical (unpaired) electrons. The Labute approximate surface area is 41.0 Å². The highest BCUT2D eigenvalue weighted by Crippen LogP contribution is 1.56. The molecule has 0 spiro atoms. The molecule has 0 unspecified atom stereocenters. The van der Waals surface area contributed by atoms with Gasteiger partial charge in [0.2, 0.25) is 10.9 Å². The zero-order valence-corrected chi connectivity index (χ0v) is 3.97. The molecule has 0 saturated heterocycles. The van der Waals surface area contributed by atoms with Crippen molar-refractivity contribution in [2.45, 2.75) is 0 Å². The number of carbonyl (C=O) groups excluding carboxylic acids is 1. The van der Waals surface area contributed by atoms with Crippen molar-refractivity contribution in [3.63, 3.8) is 0 Å². The van der Waals surface area contributed by atoms with Crippen molar-refractivity contribution < 1.29 is 18.3 Å². The molecule has 0 aliphatic heterocycles. The number of carbonyl (C=O) groups is 1. The molecule has 5 nitrogen and oxygen atoms in total. The van der Waals surface area contributed by atoms with Crippen molar-refractivity contribution in [2.24, 2.45) is 0 Å². The van der Waals surface area contributed by atoms with E-state index in [9.17, 15) is 18.3 Å². The van der Waals surface area contributed by atoms with Gasteiger partial charge in [0.15, 0.2) is 0 Å². The Morgan fingerprint density at radius 1 is 1.43 bits per heavy atom. The van der Waals surface area contributed by atoms with Gasteiger partial charge < -0.3 is 0 Å². The van der Waals surface area contributed by atoms with E-state index in [0.717, 1.165) is 4.72 Å². The topological polar surface area (TPSA) is 83.1 Å². The Morgan fingerprint density at radius 2 is 1.86 bits per heavy atom. The molecule has 6 heteroatoms.